The molecule has 0 fully saturated rings. The van der Waals surface area contributed by atoms with E-state index >= 15 is 0 Å². The Balaban J connectivity index is 2.02. The minimum absolute atomic E-state index is 0.658. The molecule has 1 aromatic heterocycles. The predicted molar refractivity (Wildman–Crippen MR) is 71.2 cm³/mol. The van der Waals surface area contributed by atoms with Gasteiger partial charge in [-0.15, -0.1) is 11.8 Å². The lowest BCUT2D eigenvalue weighted by atomic mass is 10.1. The Morgan fingerprint density at radius 1 is 1.44 bits per heavy atom. The van der Waals surface area contributed by atoms with Gasteiger partial charge in [0.2, 0.25) is 0 Å². The second kappa shape index (κ2) is 7.80. The first-order valence-electron chi connectivity index (χ1n) is 6.14. The molecule has 3 heteroatoms. The van der Waals surface area contributed by atoms with Crippen molar-refractivity contribution in [3.63, 3.8) is 0 Å². The Bertz CT molecular complexity index is 285. The zero-order chi connectivity index (χ0) is 11.8. The van der Waals surface area contributed by atoms with Gasteiger partial charge in [-0.05, 0) is 45.1 Å². The SMILES string of the molecule is CCNC(C)CCCCSc1ccoc1C. The summed E-state index contributed by atoms with van der Waals surface area (Å²) in [5.41, 5.74) is 0. The van der Waals surface area contributed by atoms with Crippen LogP contribution < -0.4 is 5.32 Å². The molecule has 1 rings (SSSR count). The van der Waals surface area contributed by atoms with Crippen molar-refractivity contribution in [3.05, 3.63) is 18.1 Å². The van der Waals surface area contributed by atoms with Gasteiger partial charge in [0.1, 0.15) is 5.76 Å². The first-order valence-corrected chi connectivity index (χ1v) is 7.13. The maximum Gasteiger partial charge on any atom is 0.114 e. The van der Waals surface area contributed by atoms with Crippen molar-refractivity contribution in [2.75, 3.05) is 12.3 Å². The molecule has 0 saturated heterocycles. The molecule has 0 amide bonds. The minimum atomic E-state index is 0.658. The van der Waals surface area contributed by atoms with E-state index in [4.69, 9.17) is 4.42 Å². The summed E-state index contributed by atoms with van der Waals surface area (Å²) in [5, 5.41) is 3.44. The molecule has 1 N–H and O–H groups in total. The first-order chi connectivity index (χ1) is 7.74. The summed E-state index contributed by atoms with van der Waals surface area (Å²) >= 11 is 1.90. The van der Waals surface area contributed by atoms with E-state index in [1.165, 1.54) is 29.9 Å². The third-order valence-electron chi connectivity index (χ3n) is 2.65. The normalized spacial score (nSPS) is 12.9. The topological polar surface area (TPSA) is 25.2 Å². The molecule has 0 spiro atoms. The van der Waals surface area contributed by atoms with Gasteiger partial charge in [0, 0.05) is 10.9 Å². The van der Waals surface area contributed by atoms with Gasteiger partial charge in [0.05, 0.1) is 6.26 Å². The Kier molecular flexibility index (Phi) is 6.65. The van der Waals surface area contributed by atoms with Gasteiger partial charge >= 0.3 is 0 Å². The quantitative estimate of drug-likeness (QED) is 0.553. The number of aryl methyl sites for hydroxylation is 1. The van der Waals surface area contributed by atoms with Crippen LogP contribution in [0.3, 0.4) is 0 Å². The number of hydrogen-bond donors (Lipinski definition) is 1. The lowest BCUT2D eigenvalue weighted by Gasteiger charge is -2.11. The van der Waals surface area contributed by atoms with Crippen LogP contribution in [0.5, 0.6) is 0 Å². The molecule has 0 aliphatic heterocycles. The van der Waals surface area contributed by atoms with Crippen molar-refractivity contribution in [2.24, 2.45) is 0 Å². The van der Waals surface area contributed by atoms with Gasteiger partial charge in [-0.25, -0.2) is 0 Å². The third-order valence-corrected chi connectivity index (χ3v) is 3.88. The fourth-order valence-corrected chi connectivity index (χ4v) is 2.68. The zero-order valence-corrected chi connectivity index (χ0v) is 11.4. The highest BCUT2D eigenvalue weighted by Crippen LogP contribution is 2.24. The van der Waals surface area contributed by atoms with Gasteiger partial charge in [-0.1, -0.05) is 13.3 Å². The van der Waals surface area contributed by atoms with Gasteiger partial charge in [0.25, 0.3) is 0 Å². The van der Waals surface area contributed by atoms with Crippen LogP contribution in [0.1, 0.15) is 38.9 Å². The summed E-state index contributed by atoms with van der Waals surface area (Å²) in [6.07, 6.45) is 5.63. The average molecular weight is 241 g/mol. The number of thioether (sulfide) groups is 1. The molecule has 1 aromatic rings. The lowest BCUT2D eigenvalue weighted by molar-refractivity contribution is 0.510. The molecule has 2 nitrogen and oxygen atoms in total. The van der Waals surface area contributed by atoms with Crippen LogP contribution in [-0.4, -0.2) is 18.3 Å². The Morgan fingerprint density at radius 3 is 2.88 bits per heavy atom. The maximum absolute atomic E-state index is 5.26. The van der Waals surface area contributed by atoms with Crippen LogP contribution in [0.4, 0.5) is 0 Å². The van der Waals surface area contributed by atoms with Crippen molar-refractivity contribution in [3.8, 4) is 0 Å². The molecule has 1 atom stereocenters. The van der Waals surface area contributed by atoms with E-state index in [-0.39, 0.29) is 0 Å². The molecule has 0 radical (unpaired) electrons. The Morgan fingerprint density at radius 2 is 2.25 bits per heavy atom. The maximum atomic E-state index is 5.26. The second-order valence-electron chi connectivity index (χ2n) is 4.14. The average Bonchev–Trinajstić information content (AvgIpc) is 2.64. The predicted octanol–water partition coefficient (Wildman–Crippen LogP) is 3.85. The van der Waals surface area contributed by atoms with Crippen molar-refractivity contribution in [1.29, 1.82) is 0 Å². The summed E-state index contributed by atoms with van der Waals surface area (Å²) in [6, 6.07) is 2.71. The molecule has 92 valence electrons. The highest BCUT2D eigenvalue weighted by molar-refractivity contribution is 7.99. The van der Waals surface area contributed by atoms with Crippen LogP contribution in [0.2, 0.25) is 0 Å². The Labute approximate surface area is 103 Å². The first kappa shape index (κ1) is 13.7. The summed E-state index contributed by atoms with van der Waals surface area (Å²) in [7, 11) is 0. The summed E-state index contributed by atoms with van der Waals surface area (Å²) in [4.78, 5) is 1.29. The fourth-order valence-electron chi connectivity index (χ4n) is 1.71. The van der Waals surface area contributed by atoms with Crippen molar-refractivity contribution in [1.82, 2.24) is 5.32 Å². The van der Waals surface area contributed by atoms with Gasteiger partial charge in [-0.2, -0.15) is 0 Å². The van der Waals surface area contributed by atoms with Gasteiger partial charge in [-0.3, -0.25) is 0 Å². The van der Waals surface area contributed by atoms with E-state index < -0.39 is 0 Å². The van der Waals surface area contributed by atoms with E-state index in [1.54, 1.807) is 6.26 Å². The van der Waals surface area contributed by atoms with Crippen molar-refractivity contribution < 1.29 is 4.42 Å². The van der Waals surface area contributed by atoms with Gasteiger partial charge < -0.3 is 9.73 Å². The van der Waals surface area contributed by atoms with E-state index in [1.807, 2.05) is 18.7 Å². The zero-order valence-electron chi connectivity index (χ0n) is 10.6. The molecule has 1 unspecified atom stereocenters. The van der Waals surface area contributed by atoms with Crippen LogP contribution in [0, 0.1) is 6.92 Å². The lowest BCUT2D eigenvalue weighted by Crippen LogP contribution is -2.25. The highest BCUT2D eigenvalue weighted by Gasteiger charge is 2.02. The van der Waals surface area contributed by atoms with Crippen molar-refractivity contribution >= 4 is 11.8 Å². The number of nitrogens with one attached hydrogen (secondary N) is 1. The molecule has 0 saturated carbocycles. The summed E-state index contributed by atoms with van der Waals surface area (Å²) < 4.78 is 5.26. The summed E-state index contributed by atoms with van der Waals surface area (Å²) in [5.74, 6) is 2.24. The van der Waals surface area contributed by atoms with E-state index in [0.717, 1.165) is 12.3 Å². The second-order valence-corrected chi connectivity index (χ2v) is 5.28. The number of hydrogen-bond acceptors (Lipinski definition) is 3. The molecular weight excluding hydrogens is 218 g/mol. The van der Waals surface area contributed by atoms with E-state index in [0.29, 0.717) is 6.04 Å². The highest BCUT2D eigenvalue weighted by atomic mass is 32.2. The largest absolute Gasteiger partial charge is 0.468 e. The molecular formula is C13H23NOS. The number of furan rings is 1. The van der Waals surface area contributed by atoms with Gasteiger partial charge in [0.15, 0.2) is 0 Å². The van der Waals surface area contributed by atoms with Crippen LogP contribution >= 0.6 is 11.8 Å². The molecule has 0 aliphatic rings. The molecule has 0 bridgehead atoms. The third kappa shape index (κ3) is 5.08. The Hall–Kier alpha value is -0.410. The standard InChI is InChI=1S/C13H23NOS/c1-4-14-11(2)7-5-6-10-16-13-8-9-15-12(13)3/h8-9,11,14H,4-7,10H2,1-3H3. The monoisotopic (exact) mass is 241 g/mol. The van der Waals surface area contributed by atoms with Crippen molar-refractivity contribution in [2.45, 2.75) is 51.0 Å². The fraction of sp³-hybridized carbons (Fsp3) is 0.692. The van der Waals surface area contributed by atoms with Crippen LogP contribution in [-0.2, 0) is 0 Å². The van der Waals surface area contributed by atoms with E-state index in [2.05, 4.69) is 25.2 Å². The number of unbranched alkanes of at least 4 members (excludes halogenated alkanes) is 1. The van der Waals surface area contributed by atoms with Crippen LogP contribution in [0.25, 0.3) is 0 Å². The van der Waals surface area contributed by atoms with Crippen LogP contribution in [0.15, 0.2) is 21.6 Å². The summed E-state index contributed by atoms with van der Waals surface area (Å²) in [6.45, 7) is 7.52. The molecule has 0 aromatic carbocycles. The molecule has 16 heavy (non-hydrogen) atoms. The molecule has 1 heterocycles. The molecule has 0 aliphatic carbocycles. The number of rotatable bonds is 8. The van der Waals surface area contributed by atoms with E-state index in [9.17, 15) is 0 Å². The smallest absolute Gasteiger partial charge is 0.114 e. The minimum Gasteiger partial charge on any atom is -0.468 e.